The van der Waals surface area contributed by atoms with E-state index in [0.717, 1.165) is 24.6 Å². The minimum absolute atomic E-state index is 0.532. The Hall–Kier alpha value is -1.80. The van der Waals surface area contributed by atoms with E-state index in [9.17, 15) is 0 Å². The van der Waals surface area contributed by atoms with Gasteiger partial charge in [0.25, 0.3) is 0 Å². The SMILES string of the molecule is c1ccc2c(c1)Oc1ccccc1[C@@H]1CNCC21. The smallest absolute Gasteiger partial charge is 0.130 e. The highest BCUT2D eigenvalue weighted by molar-refractivity contribution is 5.50. The van der Waals surface area contributed by atoms with Crippen LogP contribution >= 0.6 is 0 Å². The van der Waals surface area contributed by atoms with Gasteiger partial charge in [0.1, 0.15) is 11.5 Å². The van der Waals surface area contributed by atoms with Gasteiger partial charge in [0.2, 0.25) is 0 Å². The molecule has 2 atom stereocenters. The lowest BCUT2D eigenvalue weighted by molar-refractivity contribution is 0.476. The molecule has 1 unspecified atom stereocenters. The van der Waals surface area contributed by atoms with E-state index in [4.69, 9.17) is 4.74 Å². The normalized spacial score (nSPS) is 24.4. The maximum Gasteiger partial charge on any atom is 0.130 e. The van der Waals surface area contributed by atoms with Crippen LogP contribution in [0, 0.1) is 0 Å². The van der Waals surface area contributed by atoms with Gasteiger partial charge in [-0.05, 0) is 23.3 Å². The third-order valence-corrected chi connectivity index (χ3v) is 4.07. The summed E-state index contributed by atoms with van der Waals surface area (Å²) in [6, 6.07) is 16.9. The molecule has 2 heteroatoms. The van der Waals surface area contributed by atoms with E-state index >= 15 is 0 Å². The summed E-state index contributed by atoms with van der Waals surface area (Å²) in [5.41, 5.74) is 2.67. The molecule has 2 heterocycles. The average molecular weight is 237 g/mol. The lowest BCUT2D eigenvalue weighted by Gasteiger charge is -2.16. The van der Waals surface area contributed by atoms with Gasteiger partial charge in [-0.15, -0.1) is 0 Å². The zero-order valence-electron chi connectivity index (χ0n) is 10.1. The van der Waals surface area contributed by atoms with Gasteiger partial charge in [-0.2, -0.15) is 0 Å². The fourth-order valence-electron chi connectivity index (χ4n) is 3.21. The molecule has 1 fully saturated rings. The Morgan fingerprint density at radius 3 is 1.83 bits per heavy atom. The van der Waals surface area contributed by atoms with Crippen LogP contribution < -0.4 is 10.1 Å². The maximum atomic E-state index is 6.11. The quantitative estimate of drug-likeness (QED) is 0.759. The maximum absolute atomic E-state index is 6.11. The van der Waals surface area contributed by atoms with Crippen LogP contribution in [0.1, 0.15) is 23.0 Å². The van der Waals surface area contributed by atoms with Gasteiger partial charge < -0.3 is 10.1 Å². The third-order valence-electron chi connectivity index (χ3n) is 4.07. The van der Waals surface area contributed by atoms with Crippen LogP contribution in [0.2, 0.25) is 0 Å². The minimum atomic E-state index is 0.532. The largest absolute Gasteiger partial charge is 0.457 e. The first-order valence-electron chi connectivity index (χ1n) is 6.50. The van der Waals surface area contributed by atoms with Crippen molar-refractivity contribution in [3.63, 3.8) is 0 Å². The highest BCUT2D eigenvalue weighted by Crippen LogP contribution is 2.47. The van der Waals surface area contributed by atoms with E-state index < -0.39 is 0 Å². The molecule has 0 aliphatic carbocycles. The van der Waals surface area contributed by atoms with Crippen molar-refractivity contribution in [3.8, 4) is 11.5 Å². The Bertz CT molecular complexity index is 542. The Morgan fingerprint density at radius 1 is 0.778 bits per heavy atom. The highest BCUT2D eigenvalue weighted by Gasteiger charge is 2.35. The number of nitrogens with one attached hydrogen (secondary N) is 1. The number of para-hydroxylation sites is 2. The zero-order chi connectivity index (χ0) is 11.9. The molecule has 1 saturated heterocycles. The summed E-state index contributed by atoms with van der Waals surface area (Å²) in [4.78, 5) is 0. The Labute approximate surface area is 107 Å². The van der Waals surface area contributed by atoms with E-state index in [-0.39, 0.29) is 0 Å². The molecule has 4 rings (SSSR count). The standard InChI is InChI=1S/C16H15NO/c1-3-7-15-11(5-1)13-9-17-10-14(13)12-6-2-4-8-16(12)18-15/h1-8,13-14,17H,9-10H2/t13-,14?/m0/s1. The molecule has 1 N–H and O–H groups in total. The van der Waals surface area contributed by atoms with Crippen molar-refractivity contribution in [1.82, 2.24) is 5.32 Å². The summed E-state index contributed by atoms with van der Waals surface area (Å²) in [5, 5.41) is 3.52. The molecular formula is C16H15NO. The molecular weight excluding hydrogens is 222 g/mol. The van der Waals surface area contributed by atoms with Crippen LogP contribution in [0.25, 0.3) is 0 Å². The second kappa shape index (κ2) is 3.85. The van der Waals surface area contributed by atoms with Crippen molar-refractivity contribution in [2.24, 2.45) is 0 Å². The molecule has 0 amide bonds. The molecule has 0 radical (unpaired) electrons. The highest BCUT2D eigenvalue weighted by atomic mass is 16.5. The van der Waals surface area contributed by atoms with E-state index in [2.05, 4.69) is 41.7 Å². The molecule has 0 aromatic heterocycles. The summed E-state index contributed by atoms with van der Waals surface area (Å²) in [5.74, 6) is 3.09. The first kappa shape index (κ1) is 10.2. The van der Waals surface area contributed by atoms with E-state index in [1.807, 2.05) is 12.1 Å². The van der Waals surface area contributed by atoms with Crippen LogP contribution in [0.5, 0.6) is 11.5 Å². The molecule has 18 heavy (non-hydrogen) atoms. The second-order valence-corrected chi connectivity index (χ2v) is 5.05. The monoisotopic (exact) mass is 237 g/mol. The summed E-state index contributed by atoms with van der Waals surface area (Å²) >= 11 is 0. The van der Waals surface area contributed by atoms with Crippen LogP contribution in [-0.2, 0) is 0 Å². The minimum Gasteiger partial charge on any atom is -0.457 e. The van der Waals surface area contributed by atoms with Gasteiger partial charge >= 0.3 is 0 Å². The molecule has 0 bridgehead atoms. The zero-order valence-corrected chi connectivity index (χ0v) is 10.1. The average Bonchev–Trinajstić information content (AvgIpc) is 2.84. The summed E-state index contributed by atoms with van der Waals surface area (Å²) < 4.78 is 6.11. The first-order chi connectivity index (χ1) is 8.93. The molecule has 2 nitrogen and oxygen atoms in total. The molecule has 2 aliphatic rings. The van der Waals surface area contributed by atoms with Crippen molar-refractivity contribution in [2.45, 2.75) is 11.8 Å². The first-order valence-corrected chi connectivity index (χ1v) is 6.50. The van der Waals surface area contributed by atoms with Crippen molar-refractivity contribution < 1.29 is 4.74 Å². The predicted molar refractivity (Wildman–Crippen MR) is 71.3 cm³/mol. The number of rotatable bonds is 0. The van der Waals surface area contributed by atoms with Crippen LogP contribution in [0.3, 0.4) is 0 Å². The van der Waals surface area contributed by atoms with Gasteiger partial charge in [-0.25, -0.2) is 0 Å². The molecule has 2 aromatic rings. The second-order valence-electron chi connectivity index (χ2n) is 5.05. The molecule has 0 saturated carbocycles. The van der Waals surface area contributed by atoms with Crippen LogP contribution in [-0.4, -0.2) is 13.1 Å². The lowest BCUT2D eigenvalue weighted by Crippen LogP contribution is -2.08. The van der Waals surface area contributed by atoms with Crippen molar-refractivity contribution in [3.05, 3.63) is 59.7 Å². The van der Waals surface area contributed by atoms with Gasteiger partial charge in [-0.3, -0.25) is 0 Å². The topological polar surface area (TPSA) is 21.3 Å². The van der Waals surface area contributed by atoms with Gasteiger partial charge in [0, 0.05) is 24.9 Å². The van der Waals surface area contributed by atoms with Crippen LogP contribution in [0.15, 0.2) is 48.5 Å². The third kappa shape index (κ3) is 1.39. The Kier molecular flexibility index (Phi) is 2.17. The molecule has 2 aromatic carbocycles. The van der Waals surface area contributed by atoms with E-state index in [1.54, 1.807) is 0 Å². The van der Waals surface area contributed by atoms with E-state index in [1.165, 1.54) is 11.1 Å². The van der Waals surface area contributed by atoms with Crippen molar-refractivity contribution >= 4 is 0 Å². The summed E-state index contributed by atoms with van der Waals surface area (Å²) in [6.07, 6.45) is 0. The van der Waals surface area contributed by atoms with E-state index in [0.29, 0.717) is 11.8 Å². The number of ether oxygens (including phenoxy) is 1. The summed E-state index contributed by atoms with van der Waals surface area (Å²) in [7, 11) is 0. The van der Waals surface area contributed by atoms with Gasteiger partial charge in [-0.1, -0.05) is 36.4 Å². The van der Waals surface area contributed by atoms with Crippen LogP contribution in [0.4, 0.5) is 0 Å². The van der Waals surface area contributed by atoms with Gasteiger partial charge in [0.15, 0.2) is 0 Å². The number of hydrogen-bond donors (Lipinski definition) is 1. The van der Waals surface area contributed by atoms with Gasteiger partial charge in [0.05, 0.1) is 0 Å². The number of fused-ring (bicyclic) bond motifs is 5. The lowest BCUT2D eigenvalue weighted by atomic mass is 9.84. The van der Waals surface area contributed by atoms with Crippen molar-refractivity contribution in [2.75, 3.05) is 13.1 Å². The van der Waals surface area contributed by atoms with Crippen molar-refractivity contribution in [1.29, 1.82) is 0 Å². The Morgan fingerprint density at radius 2 is 1.28 bits per heavy atom. The fourth-order valence-corrected chi connectivity index (χ4v) is 3.21. The molecule has 0 spiro atoms. The Balaban J connectivity index is 1.95. The molecule has 90 valence electrons. The molecule has 2 aliphatic heterocycles. The number of hydrogen-bond acceptors (Lipinski definition) is 2. The number of benzene rings is 2. The summed E-state index contributed by atoms with van der Waals surface area (Å²) in [6.45, 7) is 2.08. The fraction of sp³-hybridized carbons (Fsp3) is 0.250. The predicted octanol–water partition coefficient (Wildman–Crippen LogP) is 3.26.